The van der Waals surface area contributed by atoms with E-state index in [1.54, 1.807) is 12.1 Å². The number of hydrogen-bond donors (Lipinski definition) is 1. The standard InChI is InChI=1S/C36H34N4O3.H2O/c1-5-11-32-37-33-23(2)20-28(35-38-34(24(3)39(35)4)27-12-7-6-8-13-27)21-30(33)40(32)22-25-16-18-26(19-17-25)29-14-9-10-15-31(29)43-36(41)42;/h6-10,12-21H,5,11,22H2,1-4H3,(H,41,42);1H2. The summed E-state index contributed by atoms with van der Waals surface area (Å²) >= 11 is 0. The summed E-state index contributed by atoms with van der Waals surface area (Å²) in [4.78, 5) is 21.4. The van der Waals surface area contributed by atoms with E-state index in [2.05, 4.69) is 73.4 Å². The third kappa shape index (κ3) is 5.72. The smallest absolute Gasteiger partial charge is 0.449 e. The van der Waals surface area contributed by atoms with E-state index in [1.165, 1.54) is 0 Å². The van der Waals surface area contributed by atoms with Gasteiger partial charge in [0.15, 0.2) is 0 Å². The van der Waals surface area contributed by atoms with Crippen LogP contribution in [0, 0.1) is 13.8 Å². The molecule has 0 radical (unpaired) electrons. The van der Waals surface area contributed by atoms with Crippen molar-refractivity contribution in [3.05, 3.63) is 114 Å². The highest BCUT2D eigenvalue weighted by Gasteiger charge is 2.19. The second kappa shape index (κ2) is 12.6. The first-order valence-electron chi connectivity index (χ1n) is 14.5. The van der Waals surface area contributed by atoms with Crippen molar-refractivity contribution >= 4 is 17.2 Å². The predicted molar refractivity (Wildman–Crippen MR) is 174 cm³/mol. The van der Waals surface area contributed by atoms with Gasteiger partial charge in [-0.1, -0.05) is 79.7 Å². The number of nitrogens with zero attached hydrogens (tertiary/aromatic N) is 4. The Balaban J connectivity index is 0.00000384. The molecule has 44 heavy (non-hydrogen) atoms. The van der Waals surface area contributed by atoms with Crippen molar-refractivity contribution in [3.8, 4) is 39.5 Å². The highest BCUT2D eigenvalue weighted by Crippen LogP contribution is 2.33. The maximum atomic E-state index is 11.2. The van der Waals surface area contributed by atoms with Crippen LogP contribution in [0.1, 0.15) is 36.0 Å². The first-order valence-corrected chi connectivity index (χ1v) is 14.5. The number of carboxylic acid groups (broad SMARTS) is 1. The summed E-state index contributed by atoms with van der Waals surface area (Å²) in [5.74, 6) is 2.30. The molecule has 6 rings (SSSR count). The van der Waals surface area contributed by atoms with Gasteiger partial charge in [0, 0.05) is 42.4 Å². The summed E-state index contributed by atoms with van der Waals surface area (Å²) in [5.41, 5.74) is 10.3. The third-order valence-corrected chi connectivity index (χ3v) is 7.97. The molecule has 0 saturated carbocycles. The molecule has 0 saturated heterocycles. The maximum absolute atomic E-state index is 11.2. The summed E-state index contributed by atoms with van der Waals surface area (Å²) in [6, 6.07) is 30.1. The Kier molecular flexibility index (Phi) is 8.64. The van der Waals surface area contributed by atoms with Crippen LogP contribution < -0.4 is 4.74 Å². The molecule has 0 spiro atoms. The van der Waals surface area contributed by atoms with E-state index in [4.69, 9.17) is 19.8 Å². The van der Waals surface area contributed by atoms with Crippen LogP contribution >= 0.6 is 0 Å². The Morgan fingerprint density at radius 2 is 1.57 bits per heavy atom. The number of aromatic nitrogens is 4. The lowest BCUT2D eigenvalue weighted by molar-refractivity contribution is 0.144. The molecule has 0 amide bonds. The van der Waals surface area contributed by atoms with Gasteiger partial charge in [0.2, 0.25) is 0 Å². The minimum atomic E-state index is -1.33. The number of para-hydroxylation sites is 1. The van der Waals surface area contributed by atoms with Crippen LogP contribution in [-0.4, -0.2) is 35.8 Å². The first-order chi connectivity index (χ1) is 20.8. The van der Waals surface area contributed by atoms with Crippen molar-refractivity contribution in [2.75, 3.05) is 0 Å². The van der Waals surface area contributed by atoms with Crippen molar-refractivity contribution in [2.24, 2.45) is 7.05 Å². The summed E-state index contributed by atoms with van der Waals surface area (Å²) in [7, 11) is 2.07. The zero-order valence-electron chi connectivity index (χ0n) is 25.3. The van der Waals surface area contributed by atoms with Gasteiger partial charge in [-0.15, -0.1) is 0 Å². The second-order valence-corrected chi connectivity index (χ2v) is 10.9. The fraction of sp³-hybridized carbons (Fsp3) is 0.194. The quantitative estimate of drug-likeness (QED) is 0.145. The van der Waals surface area contributed by atoms with Crippen LogP contribution in [0.2, 0.25) is 0 Å². The number of aryl methyl sites for hydroxylation is 2. The van der Waals surface area contributed by atoms with Gasteiger partial charge < -0.3 is 24.5 Å². The van der Waals surface area contributed by atoms with Crippen molar-refractivity contribution in [3.63, 3.8) is 0 Å². The van der Waals surface area contributed by atoms with Crippen molar-refractivity contribution in [1.29, 1.82) is 0 Å². The van der Waals surface area contributed by atoms with E-state index in [-0.39, 0.29) is 5.48 Å². The van der Waals surface area contributed by atoms with Crippen LogP contribution in [0.5, 0.6) is 5.75 Å². The maximum Gasteiger partial charge on any atom is 0.511 e. The van der Waals surface area contributed by atoms with Crippen molar-refractivity contribution in [1.82, 2.24) is 19.1 Å². The summed E-state index contributed by atoms with van der Waals surface area (Å²) in [5, 5.41) is 9.14. The molecule has 0 aliphatic carbocycles. The van der Waals surface area contributed by atoms with Crippen LogP contribution in [0.25, 0.3) is 44.8 Å². The van der Waals surface area contributed by atoms with Gasteiger partial charge in [-0.2, -0.15) is 0 Å². The van der Waals surface area contributed by atoms with Gasteiger partial charge >= 0.3 is 6.16 Å². The van der Waals surface area contributed by atoms with Crippen LogP contribution in [0.3, 0.4) is 0 Å². The number of hydrogen-bond acceptors (Lipinski definition) is 4. The molecule has 6 aromatic rings. The number of benzene rings is 4. The number of ether oxygens (including phenoxy) is 1. The second-order valence-electron chi connectivity index (χ2n) is 10.9. The molecule has 0 unspecified atom stereocenters. The van der Waals surface area contributed by atoms with E-state index in [0.717, 1.165) is 80.3 Å². The molecular formula is C36H36N4O4. The van der Waals surface area contributed by atoms with Crippen LogP contribution in [0.4, 0.5) is 4.79 Å². The van der Waals surface area contributed by atoms with Gasteiger partial charge in [-0.05, 0) is 55.2 Å². The zero-order valence-corrected chi connectivity index (χ0v) is 25.3. The molecule has 0 fully saturated rings. The molecule has 0 aliphatic heterocycles. The molecular weight excluding hydrogens is 552 g/mol. The minimum Gasteiger partial charge on any atom is -0.449 e. The van der Waals surface area contributed by atoms with Gasteiger partial charge in [0.05, 0.1) is 16.7 Å². The molecule has 8 heteroatoms. The predicted octanol–water partition coefficient (Wildman–Crippen LogP) is 7.62. The van der Waals surface area contributed by atoms with E-state index >= 15 is 0 Å². The Hall–Kier alpha value is -5.21. The van der Waals surface area contributed by atoms with E-state index in [0.29, 0.717) is 12.3 Å². The average Bonchev–Trinajstić information content (AvgIpc) is 3.50. The lowest BCUT2D eigenvalue weighted by Crippen LogP contribution is -2.06. The Morgan fingerprint density at radius 3 is 2.27 bits per heavy atom. The highest BCUT2D eigenvalue weighted by molar-refractivity contribution is 5.85. The zero-order chi connectivity index (χ0) is 30.1. The fourth-order valence-electron chi connectivity index (χ4n) is 5.73. The summed E-state index contributed by atoms with van der Waals surface area (Å²) in [6.45, 7) is 7.08. The third-order valence-electron chi connectivity index (χ3n) is 7.97. The normalized spacial score (nSPS) is 11.0. The van der Waals surface area contributed by atoms with Crippen LogP contribution in [-0.2, 0) is 20.0 Å². The van der Waals surface area contributed by atoms with E-state index < -0.39 is 6.16 Å². The molecule has 8 nitrogen and oxygen atoms in total. The molecule has 4 aromatic carbocycles. The highest BCUT2D eigenvalue weighted by atomic mass is 16.7. The SMILES string of the molecule is CCCc1nc2c(C)cc(-c3nc(-c4ccccc4)c(C)n3C)cc2n1Cc1ccc(-c2ccccc2OC(=O)O)cc1.O. The average molecular weight is 589 g/mol. The largest absolute Gasteiger partial charge is 0.511 e. The van der Waals surface area contributed by atoms with Crippen LogP contribution in [0.15, 0.2) is 91.0 Å². The Labute approximate surface area is 256 Å². The van der Waals surface area contributed by atoms with E-state index in [9.17, 15) is 4.79 Å². The Bertz CT molecular complexity index is 1940. The first kappa shape index (κ1) is 30.3. The molecule has 3 N–H and O–H groups in total. The lowest BCUT2D eigenvalue weighted by atomic mass is 10.0. The fourth-order valence-corrected chi connectivity index (χ4v) is 5.73. The number of fused-ring (bicyclic) bond motifs is 1. The summed E-state index contributed by atoms with van der Waals surface area (Å²) in [6.07, 6.45) is 0.542. The molecule has 224 valence electrons. The van der Waals surface area contributed by atoms with Gasteiger partial charge in [-0.25, -0.2) is 14.8 Å². The summed E-state index contributed by atoms with van der Waals surface area (Å²) < 4.78 is 9.49. The monoisotopic (exact) mass is 588 g/mol. The van der Waals surface area contributed by atoms with E-state index in [1.807, 2.05) is 42.5 Å². The number of imidazole rings is 2. The number of carbonyl (C=O) groups is 1. The Morgan fingerprint density at radius 1 is 0.864 bits per heavy atom. The number of rotatable bonds is 8. The lowest BCUT2D eigenvalue weighted by Gasteiger charge is -2.12. The van der Waals surface area contributed by atoms with Gasteiger partial charge in [0.25, 0.3) is 0 Å². The molecule has 2 aromatic heterocycles. The molecule has 0 atom stereocenters. The topological polar surface area (TPSA) is 114 Å². The van der Waals surface area contributed by atoms with Crippen molar-refractivity contribution in [2.45, 2.75) is 40.2 Å². The molecule has 0 aliphatic rings. The molecule has 2 heterocycles. The molecule has 0 bridgehead atoms. The van der Waals surface area contributed by atoms with Gasteiger partial charge in [-0.3, -0.25) is 0 Å². The van der Waals surface area contributed by atoms with Gasteiger partial charge in [0.1, 0.15) is 17.4 Å². The minimum absolute atomic E-state index is 0. The van der Waals surface area contributed by atoms with Crippen molar-refractivity contribution < 1.29 is 20.1 Å².